The Balaban J connectivity index is 2.78. The van der Waals surface area contributed by atoms with Crippen molar-refractivity contribution in [3.63, 3.8) is 0 Å². The van der Waals surface area contributed by atoms with E-state index in [9.17, 15) is 15.0 Å². The highest BCUT2D eigenvalue weighted by Crippen LogP contribution is 2.26. The van der Waals surface area contributed by atoms with E-state index in [1.54, 1.807) is 6.92 Å². The molecule has 1 unspecified atom stereocenters. The molecule has 6 nitrogen and oxygen atoms in total. The predicted molar refractivity (Wildman–Crippen MR) is 44.5 cm³/mol. The van der Waals surface area contributed by atoms with E-state index in [2.05, 4.69) is 0 Å². The van der Waals surface area contributed by atoms with Crippen LogP contribution < -0.4 is 0 Å². The van der Waals surface area contributed by atoms with Crippen molar-refractivity contribution in [1.29, 1.82) is 0 Å². The molecule has 0 amide bonds. The number of carbonyl (C=O) groups is 1. The lowest BCUT2D eigenvalue weighted by Crippen LogP contribution is -2.56. The van der Waals surface area contributed by atoms with Gasteiger partial charge in [-0.05, 0) is 0 Å². The zero-order valence-electron chi connectivity index (χ0n) is 7.95. The molecule has 1 saturated heterocycles. The Hall–Kier alpha value is -0.690. The molecule has 0 bridgehead atoms. The van der Waals surface area contributed by atoms with Crippen molar-refractivity contribution in [3.8, 4) is 0 Å². The smallest absolute Gasteiger partial charge is 0.335 e. The largest absolute Gasteiger partial charge is 0.479 e. The maximum atomic E-state index is 10.6. The second kappa shape index (κ2) is 4.22. The average molecular weight is 206 g/mol. The van der Waals surface area contributed by atoms with Crippen LogP contribution in [-0.4, -0.2) is 53.0 Å². The quantitative estimate of drug-likeness (QED) is 0.525. The zero-order valence-corrected chi connectivity index (χ0v) is 7.95. The standard InChI is InChI=1S/C8H14O6/c1-3-4(9)5(10)6(7(11)12)14-8(3)13-2/h3-6,8-10H,1-2H3,(H,11,12)/t3-,4-,5+,6+,8?/m1/s1. The number of rotatable bonds is 2. The number of ether oxygens (including phenoxy) is 2. The number of aliphatic hydroxyl groups excluding tert-OH is 2. The van der Waals surface area contributed by atoms with Gasteiger partial charge in [0, 0.05) is 13.0 Å². The first kappa shape index (κ1) is 11.4. The Bertz CT molecular complexity index is 216. The summed E-state index contributed by atoms with van der Waals surface area (Å²) in [5, 5.41) is 27.5. The first-order chi connectivity index (χ1) is 6.49. The molecule has 1 aliphatic rings. The van der Waals surface area contributed by atoms with E-state index in [4.69, 9.17) is 14.6 Å². The highest BCUT2D eigenvalue weighted by molar-refractivity contribution is 5.73. The monoisotopic (exact) mass is 206 g/mol. The van der Waals surface area contributed by atoms with E-state index in [0.717, 1.165) is 0 Å². The number of carboxylic acid groups (broad SMARTS) is 1. The van der Waals surface area contributed by atoms with Gasteiger partial charge in [-0.1, -0.05) is 6.92 Å². The lowest BCUT2D eigenvalue weighted by atomic mass is 9.92. The molecule has 0 aromatic heterocycles. The second-order valence-corrected chi connectivity index (χ2v) is 3.34. The molecule has 14 heavy (non-hydrogen) atoms. The van der Waals surface area contributed by atoms with Crippen LogP contribution in [0.4, 0.5) is 0 Å². The number of aliphatic hydroxyl groups is 2. The average Bonchev–Trinajstić information content (AvgIpc) is 2.14. The molecule has 0 aromatic carbocycles. The van der Waals surface area contributed by atoms with Gasteiger partial charge in [0.2, 0.25) is 0 Å². The fraction of sp³-hybridized carbons (Fsp3) is 0.875. The highest BCUT2D eigenvalue weighted by atomic mass is 16.7. The third-order valence-corrected chi connectivity index (χ3v) is 2.38. The van der Waals surface area contributed by atoms with Crippen LogP contribution in [0.15, 0.2) is 0 Å². The van der Waals surface area contributed by atoms with Gasteiger partial charge in [0.05, 0.1) is 6.10 Å². The molecular weight excluding hydrogens is 192 g/mol. The molecule has 0 aliphatic carbocycles. The number of hydrogen-bond donors (Lipinski definition) is 3. The molecular formula is C8H14O6. The van der Waals surface area contributed by atoms with Gasteiger partial charge in [0.25, 0.3) is 0 Å². The van der Waals surface area contributed by atoms with Crippen LogP contribution in [0, 0.1) is 5.92 Å². The molecule has 1 aliphatic heterocycles. The Morgan fingerprint density at radius 1 is 1.36 bits per heavy atom. The van der Waals surface area contributed by atoms with Crippen LogP contribution in [0.5, 0.6) is 0 Å². The highest BCUT2D eigenvalue weighted by Gasteiger charge is 2.45. The topological polar surface area (TPSA) is 96.2 Å². The summed E-state index contributed by atoms with van der Waals surface area (Å²) < 4.78 is 9.81. The summed E-state index contributed by atoms with van der Waals surface area (Å²) in [4.78, 5) is 10.6. The van der Waals surface area contributed by atoms with Gasteiger partial charge in [0.1, 0.15) is 6.10 Å². The number of methoxy groups -OCH3 is 1. The van der Waals surface area contributed by atoms with E-state index in [-0.39, 0.29) is 0 Å². The first-order valence-corrected chi connectivity index (χ1v) is 4.26. The van der Waals surface area contributed by atoms with Crippen molar-refractivity contribution >= 4 is 5.97 Å². The molecule has 1 rings (SSSR count). The predicted octanol–water partition coefficient (Wildman–Crippen LogP) is -1.20. The summed E-state index contributed by atoms with van der Waals surface area (Å²) in [7, 11) is 1.35. The summed E-state index contributed by atoms with van der Waals surface area (Å²) in [6.07, 6.45) is -4.83. The van der Waals surface area contributed by atoms with E-state index in [1.165, 1.54) is 7.11 Å². The molecule has 6 heteroatoms. The SMILES string of the molecule is COC1O[C@H](C(=O)O)[C@@H](O)[C@H](O)[C@H]1C. The van der Waals surface area contributed by atoms with Gasteiger partial charge in [-0.3, -0.25) is 0 Å². The summed E-state index contributed by atoms with van der Waals surface area (Å²) in [6, 6.07) is 0. The van der Waals surface area contributed by atoms with Crippen LogP contribution >= 0.6 is 0 Å². The van der Waals surface area contributed by atoms with Gasteiger partial charge in [-0.15, -0.1) is 0 Å². The van der Waals surface area contributed by atoms with Crippen LogP contribution in [0.3, 0.4) is 0 Å². The lowest BCUT2D eigenvalue weighted by molar-refractivity contribution is -0.268. The van der Waals surface area contributed by atoms with Crippen LogP contribution in [0.1, 0.15) is 6.92 Å². The molecule has 82 valence electrons. The normalized spacial score (nSPS) is 43.6. The van der Waals surface area contributed by atoms with Gasteiger partial charge < -0.3 is 24.8 Å². The van der Waals surface area contributed by atoms with Gasteiger partial charge >= 0.3 is 5.97 Å². The Labute approximate surface area is 81.1 Å². The lowest BCUT2D eigenvalue weighted by Gasteiger charge is -2.38. The molecule has 0 spiro atoms. The second-order valence-electron chi connectivity index (χ2n) is 3.34. The van der Waals surface area contributed by atoms with Crippen molar-refractivity contribution in [2.75, 3.05) is 7.11 Å². The number of hydrogen-bond acceptors (Lipinski definition) is 5. The van der Waals surface area contributed by atoms with Gasteiger partial charge in [-0.2, -0.15) is 0 Å². The minimum Gasteiger partial charge on any atom is -0.479 e. The Morgan fingerprint density at radius 3 is 2.36 bits per heavy atom. The molecule has 0 aromatic rings. The van der Waals surface area contributed by atoms with Crippen LogP contribution in [0.2, 0.25) is 0 Å². The van der Waals surface area contributed by atoms with Gasteiger partial charge in [0.15, 0.2) is 12.4 Å². The van der Waals surface area contributed by atoms with Crippen LogP contribution in [0.25, 0.3) is 0 Å². The third kappa shape index (κ3) is 1.88. The molecule has 0 radical (unpaired) electrons. The number of aliphatic carboxylic acids is 1. The van der Waals surface area contributed by atoms with Crippen LogP contribution in [-0.2, 0) is 14.3 Å². The van der Waals surface area contributed by atoms with Crippen molar-refractivity contribution in [1.82, 2.24) is 0 Å². The third-order valence-electron chi connectivity index (χ3n) is 2.38. The molecule has 1 heterocycles. The first-order valence-electron chi connectivity index (χ1n) is 4.26. The number of carboxylic acids is 1. The summed E-state index contributed by atoms with van der Waals surface area (Å²) in [5.41, 5.74) is 0. The van der Waals surface area contributed by atoms with Crippen molar-refractivity contribution in [2.24, 2.45) is 5.92 Å². The minimum atomic E-state index is -1.44. The van der Waals surface area contributed by atoms with Crippen molar-refractivity contribution < 1.29 is 29.6 Å². The molecule has 5 atom stereocenters. The fourth-order valence-corrected chi connectivity index (χ4v) is 1.47. The Kier molecular flexibility index (Phi) is 3.43. The molecule has 1 fully saturated rings. The van der Waals surface area contributed by atoms with E-state index in [1.807, 2.05) is 0 Å². The summed E-state index contributed by atoms with van der Waals surface area (Å²) in [5.74, 6) is -1.78. The minimum absolute atomic E-state index is 0.467. The molecule has 0 saturated carbocycles. The Morgan fingerprint density at radius 2 is 1.93 bits per heavy atom. The van der Waals surface area contributed by atoms with E-state index in [0.29, 0.717) is 0 Å². The summed E-state index contributed by atoms with van der Waals surface area (Å²) >= 11 is 0. The zero-order chi connectivity index (χ0) is 10.9. The molecule has 3 N–H and O–H groups in total. The summed E-state index contributed by atoms with van der Waals surface area (Å²) in [6.45, 7) is 1.61. The van der Waals surface area contributed by atoms with E-state index >= 15 is 0 Å². The van der Waals surface area contributed by atoms with Gasteiger partial charge in [-0.25, -0.2) is 4.79 Å². The van der Waals surface area contributed by atoms with Crippen molar-refractivity contribution in [2.45, 2.75) is 31.5 Å². The van der Waals surface area contributed by atoms with E-state index < -0.39 is 36.5 Å². The maximum absolute atomic E-state index is 10.6. The fourth-order valence-electron chi connectivity index (χ4n) is 1.47. The maximum Gasteiger partial charge on any atom is 0.335 e. The van der Waals surface area contributed by atoms with Crippen molar-refractivity contribution in [3.05, 3.63) is 0 Å².